The molecule has 0 aromatic carbocycles. The molecule has 0 N–H and O–H groups in total. The molecule has 6 nitrogen and oxygen atoms in total. The van der Waals surface area contributed by atoms with Crippen LogP contribution in [-0.2, 0) is 28.6 Å². The summed E-state index contributed by atoms with van der Waals surface area (Å²) in [7, 11) is 0. The second kappa shape index (κ2) is 68.6. The molecule has 0 saturated carbocycles. The Balaban J connectivity index is 4.24. The van der Waals surface area contributed by atoms with Crippen LogP contribution in [-0.4, -0.2) is 37.2 Å². The fraction of sp³-hybridized carbons (Fsp3) is 0.824. The van der Waals surface area contributed by atoms with Crippen LogP contribution >= 0.6 is 0 Å². The summed E-state index contributed by atoms with van der Waals surface area (Å²) in [4.78, 5) is 38.4. The molecule has 1 unspecified atom stereocenters. The molecule has 0 heterocycles. The van der Waals surface area contributed by atoms with E-state index in [1.54, 1.807) is 0 Å². The number of carbonyl (C=O) groups is 3. The third-order valence-corrected chi connectivity index (χ3v) is 15.8. The third kappa shape index (κ3) is 65.9. The maximum Gasteiger partial charge on any atom is 0.306 e. The van der Waals surface area contributed by atoms with Crippen LogP contribution in [0.25, 0.3) is 0 Å². The van der Waals surface area contributed by atoms with E-state index in [1.165, 1.54) is 238 Å². The molecule has 0 spiro atoms. The van der Waals surface area contributed by atoms with Gasteiger partial charge in [0.15, 0.2) is 6.10 Å². The summed E-state index contributed by atoms with van der Waals surface area (Å²) in [6, 6.07) is 0. The Morgan fingerprint density at radius 1 is 0.263 bits per heavy atom. The average molecular weight is 1120 g/mol. The van der Waals surface area contributed by atoms with Crippen molar-refractivity contribution in [1.29, 1.82) is 0 Å². The first kappa shape index (κ1) is 77.1. The van der Waals surface area contributed by atoms with Crippen molar-refractivity contribution in [2.45, 2.75) is 380 Å². The number of esters is 3. The van der Waals surface area contributed by atoms with Gasteiger partial charge in [0.1, 0.15) is 13.2 Å². The fourth-order valence-corrected chi connectivity index (χ4v) is 10.5. The molecular weight excluding hydrogens is 985 g/mol. The molecule has 0 bridgehead atoms. The van der Waals surface area contributed by atoms with Crippen molar-refractivity contribution in [3.8, 4) is 0 Å². The average Bonchev–Trinajstić information content (AvgIpc) is 3.46. The smallest absolute Gasteiger partial charge is 0.306 e. The zero-order valence-corrected chi connectivity index (χ0v) is 53.6. The zero-order valence-electron chi connectivity index (χ0n) is 53.6. The molecule has 0 aliphatic heterocycles. The van der Waals surface area contributed by atoms with Crippen molar-refractivity contribution in [2.75, 3.05) is 13.2 Å². The molecule has 1 atom stereocenters. The summed E-state index contributed by atoms with van der Waals surface area (Å²) in [5.41, 5.74) is 0. The van der Waals surface area contributed by atoms with Crippen LogP contribution in [0.1, 0.15) is 374 Å². The second-order valence-corrected chi connectivity index (χ2v) is 23.8. The normalized spacial score (nSPS) is 12.4. The standard InChI is InChI=1S/C74H134O6/c1-4-7-10-13-16-19-22-25-28-30-32-33-34-35-36-37-38-39-40-41-43-44-46-49-52-55-58-61-64-67-73(76)79-70-71(69-78-72(75)66-63-60-57-54-51-48-27-24-21-18-15-12-9-6-3)80-74(77)68-65-62-59-56-53-50-47-45-42-31-29-26-23-20-17-14-11-8-5-2/h8,11,17,20,26,29,42,45,50,53,71H,4-7,9-10,12-16,18-19,21-25,27-28,30-41,43-44,46-49,51-52,54-70H2,1-3H3/b11-8-,20-17-,29-26-,45-42-,53-50-. The molecule has 0 rings (SSSR count). The molecule has 0 radical (unpaired) electrons. The van der Waals surface area contributed by atoms with Crippen molar-refractivity contribution in [3.05, 3.63) is 60.8 Å². The third-order valence-electron chi connectivity index (χ3n) is 15.8. The number of carbonyl (C=O) groups excluding carboxylic acids is 3. The summed E-state index contributed by atoms with van der Waals surface area (Å²) in [6.45, 7) is 6.56. The highest BCUT2D eigenvalue weighted by atomic mass is 16.6. The predicted molar refractivity (Wildman–Crippen MR) is 348 cm³/mol. The Kier molecular flexibility index (Phi) is 66.1. The first-order valence-electron chi connectivity index (χ1n) is 35.3. The lowest BCUT2D eigenvalue weighted by atomic mass is 10.0. The highest BCUT2D eigenvalue weighted by Crippen LogP contribution is 2.19. The Morgan fingerprint density at radius 2 is 0.487 bits per heavy atom. The topological polar surface area (TPSA) is 78.9 Å². The second-order valence-electron chi connectivity index (χ2n) is 23.8. The largest absolute Gasteiger partial charge is 0.462 e. The molecule has 0 aromatic rings. The van der Waals surface area contributed by atoms with Crippen LogP contribution in [0, 0.1) is 0 Å². The van der Waals surface area contributed by atoms with Gasteiger partial charge in [-0.1, -0.05) is 351 Å². The Morgan fingerprint density at radius 3 is 0.762 bits per heavy atom. The molecule has 0 aliphatic rings. The highest BCUT2D eigenvalue weighted by molar-refractivity contribution is 5.71. The van der Waals surface area contributed by atoms with Gasteiger partial charge in [-0.25, -0.2) is 0 Å². The number of hydrogen-bond acceptors (Lipinski definition) is 6. The van der Waals surface area contributed by atoms with Crippen molar-refractivity contribution in [2.24, 2.45) is 0 Å². The van der Waals surface area contributed by atoms with Gasteiger partial charge in [-0.3, -0.25) is 14.4 Å². The highest BCUT2D eigenvalue weighted by Gasteiger charge is 2.19. The van der Waals surface area contributed by atoms with Crippen LogP contribution in [0.2, 0.25) is 0 Å². The lowest BCUT2D eigenvalue weighted by molar-refractivity contribution is -0.167. The van der Waals surface area contributed by atoms with Gasteiger partial charge in [-0.2, -0.15) is 0 Å². The first-order valence-corrected chi connectivity index (χ1v) is 35.3. The van der Waals surface area contributed by atoms with Gasteiger partial charge >= 0.3 is 17.9 Å². The summed E-state index contributed by atoms with van der Waals surface area (Å²) in [5.74, 6) is -0.892. The van der Waals surface area contributed by atoms with Gasteiger partial charge in [0.05, 0.1) is 0 Å². The van der Waals surface area contributed by atoms with Crippen LogP contribution in [0.4, 0.5) is 0 Å². The van der Waals surface area contributed by atoms with Crippen molar-refractivity contribution < 1.29 is 28.6 Å². The summed E-state index contributed by atoms with van der Waals surface area (Å²) in [6.07, 6.45) is 88.3. The molecule has 80 heavy (non-hydrogen) atoms. The van der Waals surface area contributed by atoms with Gasteiger partial charge in [-0.15, -0.1) is 0 Å². The lowest BCUT2D eigenvalue weighted by Gasteiger charge is -2.18. The maximum absolute atomic E-state index is 12.9. The molecule has 0 fully saturated rings. The number of rotatable bonds is 65. The number of hydrogen-bond donors (Lipinski definition) is 0. The predicted octanol–water partition coefficient (Wildman–Crippen LogP) is 24.3. The van der Waals surface area contributed by atoms with E-state index < -0.39 is 6.10 Å². The molecule has 0 amide bonds. The van der Waals surface area contributed by atoms with E-state index >= 15 is 0 Å². The fourth-order valence-electron chi connectivity index (χ4n) is 10.5. The van der Waals surface area contributed by atoms with Gasteiger partial charge in [0, 0.05) is 19.3 Å². The van der Waals surface area contributed by atoms with E-state index in [9.17, 15) is 14.4 Å². The minimum absolute atomic E-state index is 0.0830. The SMILES string of the molecule is CC/C=C\C/C=C\C/C=C\C/C=C\C/C=C\CCCCCC(=O)OC(COC(=O)CCCCCCCCCCCCCCCC)COC(=O)CCCCCCCCCCCCCCCCCCCCCCCCCCCCCCC. The molecule has 0 aromatic heterocycles. The van der Waals surface area contributed by atoms with Gasteiger partial charge in [0.2, 0.25) is 0 Å². The first-order chi connectivity index (χ1) is 39.5. The monoisotopic (exact) mass is 1120 g/mol. The van der Waals surface area contributed by atoms with E-state index in [0.717, 1.165) is 96.3 Å². The van der Waals surface area contributed by atoms with Crippen LogP contribution < -0.4 is 0 Å². The lowest BCUT2D eigenvalue weighted by Crippen LogP contribution is -2.30. The Bertz CT molecular complexity index is 1430. The minimum atomic E-state index is -0.790. The Labute approximate surface area is 498 Å². The molecule has 0 saturated heterocycles. The number of unbranched alkanes of at least 4 members (excludes halogenated alkanes) is 44. The molecular formula is C74H134O6. The van der Waals surface area contributed by atoms with Crippen LogP contribution in [0.3, 0.4) is 0 Å². The van der Waals surface area contributed by atoms with E-state index in [0.29, 0.717) is 19.3 Å². The molecule has 6 heteroatoms. The van der Waals surface area contributed by atoms with Gasteiger partial charge in [0.25, 0.3) is 0 Å². The number of ether oxygens (including phenoxy) is 3. The van der Waals surface area contributed by atoms with E-state index in [1.807, 2.05) is 0 Å². The molecule has 466 valence electrons. The molecule has 0 aliphatic carbocycles. The summed E-state index contributed by atoms with van der Waals surface area (Å²) in [5, 5.41) is 0. The zero-order chi connectivity index (χ0) is 57.8. The number of allylic oxidation sites excluding steroid dienone is 10. The Hall–Kier alpha value is -2.89. The summed E-state index contributed by atoms with van der Waals surface area (Å²) >= 11 is 0. The van der Waals surface area contributed by atoms with Gasteiger partial charge in [-0.05, 0) is 64.2 Å². The van der Waals surface area contributed by atoms with Crippen molar-refractivity contribution >= 4 is 17.9 Å². The van der Waals surface area contributed by atoms with E-state index in [-0.39, 0.29) is 31.1 Å². The van der Waals surface area contributed by atoms with Crippen LogP contribution in [0.5, 0.6) is 0 Å². The maximum atomic E-state index is 12.9. The van der Waals surface area contributed by atoms with Crippen LogP contribution in [0.15, 0.2) is 60.8 Å². The quantitative estimate of drug-likeness (QED) is 0.0261. The minimum Gasteiger partial charge on any atom is -0.462 e. The van der Waals surface area contributed by atoms with E-state index in [2.05, 4.69) is 81.5 Å². The van der Waals surface area contributed by atoms with Crippen molar-refractivity contribution in [1.82, 2.24) is 0 Å². The van der Waals surface area contributed by atoms with E-state index in [4.69, 9.17) is 14.2 Å². The van der Waals surface area contributed by atoms with Gasteiger partial charge < -0.3 is 14.2 Å². The summed E-state index contributed by atoms with van der Waals surface area (Å²) < 4.78 is 17.0. The van der Waals surface area contributed by atoms with Crippen molar-refractivity contribution in [3.63, 3.8) is 0 Å².